The molecule has 0 bridgehead atoms. The van der Waals surface area contributed by atoms with Crippen LogP contribution in [0.2, 0.25) is 0 Å². The number of nitriles is 1. The van der Waals surface area contributed by atoms with Crippen molar-refractivity contribution in [3.05, 3.63) is 131 Å². The fourth-order valence-electron chi connectivity index (χ4n) is 7.69. The number of hydrogen-bond donors (Lipinski definition) is 1. The Labute approximate surface area is 360 Å². The zero-order valence-corrected chi connectivity index (χ0v) is 37.0. The van der Waals surface area contributed by atoms with Crippen molar-refractivity contribution in [3.63, 3.8) is 0 Å². The number of ether oxygens (including phenoxy) is 4. The smallest absolute Gasteiger partial charge is 0.259 e. The van der Waals surface area contributed by atoms with Crippen molar-refractivity contribution in [1.29, 1.82) is 5.26 Å². The molecule has 0 aliphatic carbocycles. The van der Waals surface area contributed by atoms with Gasteiger partial charge < -0.3 is 33.3 Å². The van der Waals surface area contributed by atoms with Gasteiger partial charge in [-0.3, -0.25) is 4.79 Å². The Kier molecular flexibility index (Phi) is 15.5. The van der Waals surface area contributed by atoms with Crippen molar-refractivity contribution in [1.82, 2.24) is 9.65 Å². The minimum Gasteiger partial charge on any atom is -0.497 e. The highest BCUT2D eigenvalue weighted by atomic mass is 31.2. The lowest BCUT2D eigenvalue weighted by Crippen LogP contribution is -2.39. The lowest BCUT2D eigenvalue weighted by atomic mass is 9.80. The number of methoxy groups -OCH3 is 2. The van der Waals surface area contributed by atoms with Crippen LogP contribution in [0.4, 0.5) is 10.2 Å². The number of fused-ring (bicyclic) bond motifs is 1. The minimum atomic E-state index is -1.70. The molecule has 6 rings (SSSR count). The summed E-state index contributed by atoms with van der Waals surface area (Å²) in [6.07, 6.45) is -1.36. The average molecular weight is 851 g/mol. The van der Waals surface area contributed by atoms with Gasteiger partial charge in [0.2, 0.25) is 5.91 Å². The number of pyridine rings is 1. The molecule has 1 saturated heterocycles. The summed E-state index contributed by atoms with van der Waals surface area (Å²) < 4.78 is 56.2. The zero-order chi connectivity index (χ0) is 43.7. The first-order valence-electron chi connectivity index (χ1n) is 20.7. The summed E-state index contributed by atoms with van der Waals surface area (Å²) >= 11 is 0. The number of nitrogens with zero attached hydrogens (tertiary/aromatic N) is 3. The molecular formula is C48H56FN4O7P. The zero-order valence-electron chi connectivity index (χ0n) is 36.1. The molecule has 1 N–H and O–H groups in total. The van der Waals surface area contributed by atoms with E-state index in [1.54, 1.807) is 40.2 Å². The van der Waals surface area contributed by atoms with Gasteiger partial charge in [0, 0.05) is 29.8 Å². The van der Waals surface area contributed by atoms with E-state index in [1.807, 2.05) is 78.9 Å². The molecule has 322 valence electrons. The number of carbonyl (C=O) groups is 1. The highest BCUT2D eigenvalue weighted by molar-refractivity contribution is 7.44. The second-order valence-corrected chi connectivity index (χ2v) is 17.2. The van der Waals surface area contributed by atoms with Crippen LogP contribution in [0.5, 0.6) is 11.5 Å². The van der Waals surface area contributed by atoms with E-state index in [2.05, 4.69) is 48.7 Å². The van der Waals surface area contributed by atoms with Gasteiger partial charge in [0.15, 0.2) is 0 Å². The molecule has 1 aromatic heterocycles. The second kappa shape index (κ2) is 20.7. The predicted octanol–water partition coefficient (Wildman–Crippen LogP) is 10.5. The summed E-state index contributed by atoms with van der Waals surface area (Å²) in [4.78, 5) is 17.6. The Balaban J connectivity index is 1.48. The molecule has 0 spiro atoms. The van der Waals surface area contributed by atoms with Crippen LogP contribution < -0.4 is 14.8 Å². The number of rotatable bonds is 19. The average Bonchev–Trinajstić information content (AvgIpc) is 3.66. The van der Waals surface area contributed by atoms with Gasteiger partial charge in [0.25, 0.3) is 8.53 Å². The van der Waals surface area contributed by atoms with E-state index in [0.29, 0.717) is 40.2 Å². The molecule has 2 heterocycles. The number of aromatic nitrogens is 1. The van der Waals surface area contributed by atoms with Crippen molar-refractivity contribution in [2.24, 2.45) is 5.92 Å². The van der Waals surface area contributed by atoms with E-state index in [-0.39, 0.29) is 43.5 Å². The Morgan fingerprint density at radius 3 is 2.07 bits per heavy atom. The van der Waals surface area contributed by atoms with E-state index in [0.717, 1.165) is 16.7 Å². The largest absolute Gasteiger partial charge is 0.497 e. The van der Waals surface area contributed by atoms with Crippen molar-refractivity contribution in [2.75, 3.05) is 32.8 Å². The Bertz CT molecular complexity index is 2200. The van der Waals surface area contributed by atoms with Gasteiger partial charge in [-0.2, -0.15) is 5.26 Å². The van der Waals surface area contributed by atoms with Crippen LogP contribution in [0, 0.1) is 23.1 Å². The van der Waals surface area contributed by atoms with Crippen LogP contribution in [0.1, 0.15) is 82.7 Å². The first-order chi connectivity index (χ1) is 29.4. The monoisotopic (exact) mass is 850 g/mol. The van der Waals surface area contributed by atoms with Crippen LogP contribution in [-0.4, -0.2) is 67.3 Å². The third-order valence-corrected chi connectivity index (χ3v) is 12.8. The molecular weight excluding hydrogens is 795 g/mol. The number of carbonyl (C=O) groups excluding carboxylic acids is 1. The summed E-state index contributed by atoms with van der Waals surface area (Å²) in [5, 5.41) is 12.9. The molecule has 4 atom stereocenters. The molecule has 5 aromatic rings. The van der Waals surface area contributed by atoms with E-state index >= 15 is 4.39 Å². The summed E-state index contributed by atoms with van der Waals surface area (Å²) in [6.45, 7) is 12.2. The number of benzene rings is 4. The van der Waals surface area contributed by atoms with Gasteiger partial charge in [0.1, 0.15) is 34.8 Å². The van der Waals surface area contributed by atoms with Gasteiger partial charge >= 0.3 is 0 Å². The maximum atomic E-state index is 15.0. The fraction of sp³-hybridized carbons (Fsp3) is 0.396. The summed E-state index contributed by atoms with van der Waals surface area (Å²) in [7, 11) is 1.57. The lowest BCUT2D eigenvalue weighted by Gasteiger charge is -2.39. The summed E-state index contributed by atoms with van der Waals surface area (Å²) in [5.74, 6) is 0.824. The SMILES string of the molecule is COc1ccc(C(OC[C@H]2O[C@@H](c3cc(NC(=O)C(C)C)nc4ccc(F)cc34)C[C@@H]2OP(OCCC#N)N(C(C)C)C(C)C)(c2ccccc2)c2ccc(OC)cc2)cc1. The molecule has 13 heteroatoms. The van der Waals surface area contributed by atoms with Gasteiger partial charge in [-0.15, -0.1) is 0 Å². The topological polar surface area (TPSA) is 124 Å². The number of halogens is 1. The molecule has 0 radical (unpaired) electrons. The maximum Gasteiger partial charge on any atom is 0.259 e. The highest BCUT2D eigenvalue weighted by Gasteiger charge is 2.45. The van der Waals surface area contributed by atoms with E-state index in [4.69, 9.17) is 28.0 Å². The fourth-order valence-corrected chi connectivity index (χ4v) is 9.45. The normalized spacial score (nSPS) is 17.3. The molecule has 1 unspecified atom stereocenters. The van der Waals surface area contributed by atoms with E-state index in [9.17, 15) is 10.1 Å². The molecule has 61 heavy (non-hydrogen) atoms. The predicted molar refractivity (Wildman–Crippen MR) is 236 cm³/mol. The van der Waals surface area contributed by atoms with Gasteiger partial charge in [-0.05, 0) is 98.5 Å². The van der Waals surface area contributed by atoms with Crippen molar-refractivity contribution >= 4 is 31.2 Å². The van der Waals surface area contributed by atoms with Crippen molar-refractivity contribution < 1.29 is 37.2 Å². The molecule has 1 aliphatic heterocycles. The van der Waals surface area contributed by atoms with Crippen LogP contribution in [0.3, 0.4) is 0 Å². The maximum absolute atomic E-state index is 15.0. The van der Waals surface area contributed by atoms with E-state index in [1.165, 1.54) is 12.1 Å². The summed E-state index contributed by atoms with van der Waals surface area (Å²) in [6, 6.07) is 34.1. The van der Waals surface area contributed by atoms with Gasteiger partial charge in [0.05, 0.1) is 57.6 Å². The van der Waals surface area contributed by atoms with Crippen LogP contribution in [0.25, 0.3) is 10.9 Å². The van der Waals surface area contributed by atoms with E-state index < -0.39 is 38.3 Å². The first kappa shape index (κ1) is 45.5. The van der Waals surface area contributed by atoms with Crippen LogP contribution in [-0.2, 0) is 28.9 Å². The standard InChI is InChI=1S/C48H56FN4O7P/c1-31(2)47(54)52-46-28-41(40-27-37(49)19-24-42(40)51-46)43-29-44(60-61(58-26-12-25-50)53(32(3)4)33(5)6)45(59-43)30-57-48(34-13-10-9-11-14-34,35-15-20-38(55-7)21-16-35)36-17-22-39(56-8)23-18-36/h9-11,13-24,27-28,31-33,43-45H,12,26,29-30H2,1-8H3,(H,51,52,54)/t43-,44+,45-,61?/m1/s1. The van der Waals surface area contributed by atoms with Gasteiger partial charge in [-0.1, -0.05) is 68.4 Å². The number of nitrogens with one attached hydrogen (secondary N) is 1. The molecule has 1 aliphatic rings. The van der Waals surface area contributed by atoms with Crippen molar-refractivity contribution in [2.45, 2.75) is 90.4 Å². The second-order valence-electron chi connectivity index (χ2n) is 15.8. The molecule has 4 aromatic carbocycles. The third-order valence-electron chi connectivity index (χ3n) is 10.7. The Hall–Kier alpha value is -4.99. The van der Waals surface area contributed by atoms with Crippen molar-refractivity contribution in [3.8, 4) is 17.6 Å². The third kappa shape index (κ3) is 10.6. The number of anilines is 1. The Morgan fingerprint density at radius 2 is 1.51 bits per heavy atom. The molecule has 1 amide bonds. The highest BCUT2D eigenvalue weighted by Crippen LogP contribution is 2.52. The van der Waals surface area contributed by atoms with Crippen LogP contribution >= 0.6 is 8.53 Å². The molecule has 1 fully saturated rings. The quantitative estimate of drug-likeness (QED) is 0.0488. The minimum absolute atomic E-state index is 0.0488. The number of amides is 1. The summed E-state index contributed by atoms with van der Waals surface area (Å²) in [5.41, 5.74) is 2.60. The van der Waals surface area contributed by atoms with Gasteiger partial charge in [-0.25, -0.2) is 14.0 Å². The molecule has 11 nitrogen and oxygen atoms in total. The molecule has 0 saturated carbocycles. The first-order valence-corrected chi connectivity index (χ1v) is 21.8. The Morgan fingerprint density at radius 1 is 0.902 bits per heavy atom. The number of hydrogen-bond acceptors (Lipinski definition) is 10. The lowest BCUT2D eigenvalue weighted by molar-refractivity contribution is -0.118. The van der Waals surface area contributed by atoms with Crippen LogP contribution in [0.15, 0.2) is 103 Å².